The first kappa shape index (κ1) is 23.3. The zero-order chi connectivity index (χ0) is 21.3. The molecule has 0 aliphatic heterocycles. The van der Waals surface area contributed by atoms with Crippen LogP contribution in [0, 0.1) is 9.49 Å². The molecule has 164 valence electrons. The molecule has 1 aromatic heterocycles. The second-order valence-electron chi connectivity index (χ2n) is 6.90. The molecule has 1 saturated carbocycles. The second kappa shape index (κ2) is 9.82. The molecule has 0 bridgehead atoms. The van der Waals surface area contributed by atoms with Crippen LogP contribution in [-0.2, 0) is 0 Å². The number of ether oxygens (including phenoxy) is 2. The van der Waals surface area contributed by atoms with Crippen molar-refractivity contribution < 1.29 is 28.2 Å². The van der Waals surface area contributed by atoms with E-state index in [0.29, 0.717) is 32.7 Å². The van der Waals surface area contributed by atoms with Crippen molar-refractivity contribution in [2.45, 2.75) is 19.5 Å². The van der Waals surface area contributed by atoms with E-state index in [1.54, 1.807) is 24.4 Å². The molecule has 2 aromatic carbocycles. The number of fused-ring (bicyclic) bond motifs is 1. The molecule has 1 amide bonds. The van der Waals surface area contributed by atoms with Crippen molar-refractivity contribution >= 4 is 57.5 Å². The number of halogens is 4. The Bertz CT molecular complexity index is 1110. The Morgan fingerprint density at radius 2 is 2.03 bits per heavy atom. The van der Waals surface area contributed by atoms with Crippen molar-refractivity contribution in [2.75, 3.05) is 11.9 Å². The van der Waals surface area contributed by atoms with Crippen LogP contribution in [0.4, 0.5) is 14.5 Å². The predicted octanol–water partition coefficient (Wildman–Crippen LogP) is 5.61. The number of alkyl halides is 2. The van der Waals surface area contributed by atoms with E-state index in [9.17, 15) is 18.7 Å². The zero-order valence-corrected chi connectivity index (χ0v) is 19.0. The Hall–Kier alpha value is -2.40. The number of nitrogens with zero attached hydrogens (tertiary/aromatic N) is 1. The second-order valence-corrected chi connectivity index (χ2v) is 8.06. The van der Waals surface area contributed by atoms with Gasteiger partial charge < -0.3 is 19.9 Å². The van der Waals surface area contributed by atoms with Crippen molar-refractivity contribution in [1.82, 2.24) is 4.98 Å². The molecule has 0 spiro atoms. The highest BCUT2D eigenvalue weighted by Crippen LogP contribution is 2.36. The lowest BCUT2D eigenvalue weighted by molar-refractivity contribution is -0.0515. The fourth-order valence-electron chi connectivity index (χ4n) is 2.94. The van der Waals surface area contributed by atoms with Crippen molar-refractivity contribution in [1.29, 1.82) is 0 Å². The van der Waals surface area contributed by atoms with Gasteiger partial charge in [-0.05, 0) is 77.7 Å². The SMILES string of the molecule is Cl.O=C(Nc1cc(I)c(O)c2ncccc12)c1ccc(OC(F)F)c(OCC2CC2)c1. The van der Waals surface area contributed by atoms with E-state index in [4.69, 9.17) is 4.74 Å². The first-order valence-corrected chi connectivity index (χ1v) is 10.3. The molecule has 4 rings (SSSR count). The zero-order valence-electron chi connectivity index (χ0n) is 16.0. The number of carbonyl (C=O) groups is 1. The maximum Gasteiger partial charge on any atom is 0.387 e. The minimum atomic E-state index is -2.99. The molecule has 0 atom stereocenters. The molecule has 3 aromatic rings. The van der Waals surface area contributed by atoms with Gasteiger partial charge in [0.05, 0.1) is 15.9 Å². The quantitative estimate of drug-likeness (QED) is 0.289. The van der Waals surface area contributed by atoms with Crippen LogP contribution in [0.2, 0.25) is 0 Å². The summed E-state index contributed by atoms with van der Waals surface area (Å²) in [5.74, 6) is -0.0347. The van der Waals surface area contributed by atoms with Gasteiger partial charge in [-0.25, -0.2) is 0 Å². The molecule has 1 heterocycles. The van der Waals surface area contributed by atoms with E-state index in [2.05, 4.69) is 15.0 Å². The van der Waals surface area contributed by atoms with Crippen LogP contribution in [0.15, 0.2) is 42.6 Å². The number of aromatic nitrogens is 1. The van der Waals surface area contributed by atoms with Gasteiger partial charge in [-0.2, -0.15) is 8.78 Å². The number of carbonyl (C=O) groups excluding carboxylic acids is 1. The summed E-state index contributed by atoms with van der Waals surface area (Å²) in [7, 11) is 0. The highest BCUT2D eigenvalue weighted by Gasteiger charge is 2.23. The molecule has 10 heteroatoms. The third kappa shape index (κ3) is 5.45. The summed E-state index contributed by atoms with van der Waals surface area (Å²) in [4.78, 5) is 17.0. The average Bonchev–Trinajstić information content (AvgIpc) is 3.55. The van der Waals surface area contributed by atoms with Crippen molar-refractivity contribution in [2.24, 2.45) is 5.92 Å². The minimum absolute atomic E-state index is 0. The van der Waals surface area contributed by atoms with E-state index in [0.717, 1.165) is 12.8 Å². The van der Waals surface area contributed by atoms with Crippen molar-refractivity contribution in [3.05, 3.63) is 51.7 Å². The first-order valence-electron chi connectivity index (χ1n) is 9.21. The van der Waals surface area contributed by atoms with E-state index in [-0.39, 0.29) is 35.2 Å². The Balaban J connectivity index is 0.00000272. The first-order chi connectivity index (χ1) is 14.4. The van der Waals surface area contributed by atoms with Gasteiger partial charge >= 0.3 is 6.61 Å². The van der Waals surface area contributed by atoms with Gasteiger partial charge in [-0.15, -0.1) is 12.4 Å². The number of amides is 1. The molecular formula is C21H18ClF2IN2O4. The Morgan fingerprint density at radius 3 is 2.74 bits per heavy atom. The number of benzene rings is 2. The van der Waals surface area contributed by atoms with E-state index < -0.39 is 12.5 Å². The maximum absolute atomic E-state index is 12.8. The van der Waals surface area contributed by atoms with Crippen molar-refractivity contribution in [3.8, 4) is 17.2 Å². The van der Waals surface area contributed by atoms with Gasteiger partial charge in [0.2, 0.25) is 0 Å². The standard InChI is InChI=1S/C21H17F2IN2O4.ClH/c22-21(23)30-16-6-5-12(8-17(16)29-10-11-3-4-11)20(28)26-15-9-14(24)19(27)18-13(15)2-1-7-25-18;/h1-2,5-9,11,21,27H,3-4,10H2,(H,26,28);1H. The summed E-state index contributed by atoms with van der Waals surface area (Å²) < 4.78 is 36.1. The molecule has 6 nitrogen and oxygen atoms in total. The number of hydrogen-bond acceptors (Lipinski definition) is 5. The lowest BCUT2D eigenvalue weighted by Crippen LogP contribution is -2.13. The summed E-state index contributed by atoms with van der Waals surface area (Å²) in [6.45, 7) is -2.61. The summed E-state index contributed by atoms with van der Waals surface area (Å²) in [5, 5.41) is 13.6. The summed E-state index contributed by atoms with van der Waals surface area (Å²) in [5.41, 5.74) is 1.06. The van der Waals surface area contributed by atoms with Gasteiger partial charge in [0, 0.05) is 17.1 Å². The normalized spacial score (nSPS) is 13.0. The summed E-state index contributed by atoms with van der Waals surface area (Å²) in [6, 6.07) is 9.15. The third-order valence-corrected chi connectivity index (χ3v) is 5.48. The van der Waals surface area contributed by atoms with Gasteiger partial charge in [-0.3, -0.25) is 9.78 Å². The molecule has 0 unspecified atom stereocenters. The number of aromatic hydroxyl groups is 1. The number of hydrogen-bond donors (Lipinski definition) is 2. The summed E-state index contributed by atoms with van der Waals surface area (Å²) >= 11 is 1.95. The van der Waals surface area contributed by atoms with Crippen LogP contribution in [0.25, 0.3) is 10.9 Å². The number of nitrogens with one attached hydrogen (secondary N) is 1. The van der Waals surface area contributed by atoms with E-state index >= 15 is 0 Å². The van der Waals surface area contributed by atoms with Gasteiger partial charge in [0.1, 0.15) is 5.52 Å². The van der Waals surface area contributed by atoms with Crippen LogP contribution in [-0.4, -0.2) is 29.2 Å². The lowest BCUT2D eigenvalue weighted by atomic mass is 10.1. The molecule has 2 N–H and O–H groups in total. The van der Waals surface area contributed by atoms with Gasteiger partial charge in [0.25, 0.3) is 5.91 Å². The highest BCUT2D eigenvalue weighted by molar-refractivity contribution is 14.1. The Kier molecular flexibility index (Phi) is 7.37. The van der Waals surface area contributed by atoms with E-state index in [1.807, 2.05) is 22.6 Å². The largest absolute Gasteiger partial charge is 0.505 e. The Labute approximate surface area is 196 Å². The monoisotopic (exact) mass is 562 g/mol. The van der Waals surface area contributed by atoms with E-state index in [1.165, 1.54) is 18.2 Å². The third-order valence-electron chi connectivity index (χ3n) is 4.66. The van der Waals surface area contributed by atoms with Crippen LogP contribution >= 0.6 is 35.0 Å². The number of phenolic OH excluding ortho intramolecular Hbond substituents is 1. The number of pyridine rings is 1. The van der Waals surface area contributed by atoms with Gasteiger partial charge in [0.15, 0.2) is 17.2 Å². The van der Waals surface area contributed by atoms with Crippen LogP contribution in [0.3, 0.4) is 0 Å². The fourth-order valence-corrected chi connectivity index (χ4v) is 3.51. The molecule has 1 aliphatic carbocycles. The maximum atomic E-state index is 12.8. The number of anilines is 1. The van der Waals surface area contributed by atoms with Crippen LogP contribution in [0.5, 0.6) is 17.2 Å². The average molecular weight is 563 g/mol. The molecule has 31 heavy (non-hydrogen) atoms. The summed E-state index contributed by atoms with van der Waals surface area (Å²) in [6.07, 6.45) is 3.62. The van der Waals surface area contributed by atoms with Gasteiger partial charge in [-0.1, -0.05) is 0 Å². The predicted molar refractivity (Wildman–Crippen MR) is 123 cm³/mol. The smallest absolute Gasteiger partial charge is 0.387 e. The molecule has 0 radical (unpaired) electrons. The lowest BCUT2D eigenvalue weighted by Gasteiger charge is -2.14. The van der Waals surface area contributed by atoms with Crippen LogP contribution < -0.4 is 14.8 Å². The Morgan fingerprint density at radius 1 is 1.26 bits per heavy atom. The van der Waals surface area contributed by atoms with Crippen molar-refractivity contribution in [3.63, 3.8) is 0 Å². The van der Waals surface area contributed by atoms with Crippen LogP contribution in [0.1, 0.15) is 23.2 Å². The number of rotatable bonds is 7. The fraction of sp³-hybridized carbons (Fsp3) is 0.238. The molecular weight excluding hydrogens is 545 g/mol. The highest BCUT2D eigenvalue weighted by atomic mass is 127. The molecule has 0 saturated heterocycles. The molecule has 1 fully saturated rings. The minimum Gasteiger partial charge on any atom is -0.505 e. The molecule has 1 aliphatic rings. The number of phenols is 1. The topological polar surface area (TPSA) is 80.7 Å².